The van der Waals surface area contributed by atoms with Crippen molar-refractivity contribution in [2.45, 2.75) is 31.2 Å². The molecule has 0 aliphatic heterocycles. The number of carbonyl (C=O) groups excluding carboxylic acids is 1. The van der Waals surface area contributed by atoms with E-state index in [9.17, 15) is 4.79 Å². The fraction of sp³-hybridized carbons (Fsp3) is 0.429. The van der Waals surface area contributed by atoms with Crippen LogP contribution in [0.2, 0.25) is 10.0 Å². The first kappa shape index (κ1) is 15.2. The highest BCUT2D eigenvalue weighted by Crippen LogP contribution is 2.46. The van der Waals surface area contributed by atoms with Crippen LogP contribution in [-0.4, -0.2) is 32.7 Å². The molecule has 0 bridgehead atoms. The molecule has 2 aromatic rings. The Kier molecular flexibility index (Phi) is 4.31. The minimum absolute atomic E-state index is 0.0993. The number of amides is 1. The van der Waals surface area contributed by atoms with Crippen LogP contribution in [0.15, 0.2) is 24.5 Å². The van der Waals surface area contributed by atoms with Gasteiger partial charge in [-0.05, 0) is 41.0 Å². The average Bonchev–Trinajstić information content (AvgIpc) is 2.92. The second-order valence-electron chi connectivity index (χ2n) is 5.54. The van der Waals surface area contributed by atoms with Crippen LogP contribution < -0.4 is 5.32 Å². The van der Waals surface area contributed by atoms with E-state index in [1.807, 2.05) is 12.1 Å². The summed E-state index contributed by atoms with van der Waals surface area (Å²) in [7, 11) is 0. The highest BCUT2D eigenvalue weighted by Gasteiger charge is 2.40. The smallest absolute Gasteiger partial charge is 0.241 e. The molecule has 6 nitrogen and oxygen atoms in total. The number of hydrogen-bond acceptors (Lipinski definition) is 4. The quantitative estimate of drug-likeness (QED) is 0.906. The fourth-order valence-corrected chi connectivity index (χ4v) is 3.40. The molecule has 1 N–H and O–H groups in total. The number of carbonyl (C=O) groups is 1. The van der Waals surface area contributed by atoms with Crippen LogP contribution in [0.5, 0.6) is 0 Å². The van der Waals surface area contributed by atoms with Gasteiger partial charge in [0.15, 0.2) is 0 Å². The lowest BCUT2D eigenvalue weighted by Gasteiger charge is -2.43. The van der Waals surface area contributed by atoms with Gasteiger partial charge in [0.2, 0.25) is 5.91 Å². The Bertz CT molecular complexity index is 670. The summed E-state index contributed by atoms with van der Waals surface area (Å²) in [5.74, 6) is -0.122. The Hall–Kier alpha value is -1.66. The summed E-state index contributed by atoms with van der Waals surface area (Å²) < 4.78 is 1.39. The van der Waals surface area contributed by atoms with Gasteiger partial charge in [0.25, 0.3) is 0 Å². The van der Waals surface area contributed by atoms with Crippen LogP contribution in [0, 0.1) is 0 Å². The summed E-state index contributed by atoms with van der Waals surface area (Å²) in [6, 6.07) is 5.55. The predicted molar refractivity (Wildman–Crippen MR) is 82.8 cm³/mol. The van der Waals surface area contributed by atoms with E-state index in [-0.39, 0.29) is 17.9 Å². The van der Waals surface area contributed by atoms with Crippen LogP contribution in [0.3, 0.4) is 0 Å². The molecule has 8 heteroatoms. The highest BCUT2D eigenvalue weighted by molar-refractivity contribution is 6.35. The van der Waals surface area contributed by atoms with E-state index in [2.05, 4.69) is 20.8 Å². The van der Waals surface area contributed by atoms with Crippen molar-refractivity contribution in [2.24, 2.45) is 0 Å². The zero-order chi connectivity index (χ0) is 15.6. The summed E-state index contributed by atoms with van der Waals surface area (Å²) >= 11 is 12.3. The SMILES string of the molecule is O=C(Cn1cnnn1)NCC1(c2ccc(Cl)cc2Cl)CCC1. The molecule has 1 aromatic heterocycles. The van der Waals surface area contributed by atoms with E-state index in [4.69, 9.17) is 23.2 Å². The van der Waals surface area contributed by atoms with Crippen molar-refractivity contribution in [3.05, 3.63) is 40.1 Å². The van der Waals surface area contributed by atoms with Crippen molar-refractivity contribution >= 4 is 29.1 Å². The van der Waals surface area contributed by atoms with Crippen LogP contribution in [0.4, 0.5) is 0 Å². The van der Waals surface area contributed by atoms with Gasteiger partial charge in [-0.2, -0.15) is 0 Å². The molecule has 1 heterocycles. The van der Waals surface area contributed by atoms with E-state index < -0.39 is 0 Å². The maximum Gasteiger partial charge on any atom is 0.241 e. The standard InChI is InChI=1S/C14H15Cl2N5O/c15-10-2-3-11(12(16)6-10)14(4-1-5-14)8-17-13(22)7-21-9-18-19-20-21/h2-3,6,9H,1,4-5,7-8H2,(H,17,22). The molecule has 1 aromatic carbocycles. The first-order valence-electron chi connectivity index (χ1n) is 7.02. The third kappa shape index (κ3) is 3.08. The summed E-state index contributed by atoms with van der Waals surface area (Å²) in [5, 5.41) is 14.9. The zero-order valence-corrected chi connectivity index (χ0v) is 13.3. The molecule has 1 amide bonds. The van der Waals surface area contributed by atoms with Crippen LogP contribution in [0.25, 0.3) is 0 Å². The lowest BCUT2D eigenvalue weighted by molar-refractivity contribution is -0.122. The highest BCUT2D eigenvalue weighted by atomic mass is 35.5. The largest absolute Gasteiger partial charge is 0.354 e. The Morgan fingerprint density at radius 2 is 2.18 bits per heavy atom. The Labute approximate surface area is 137 Å². The molecule has 1 aliphatic carbocycles. The molecule has 1 aliphatic rings. The average molecular weight is 340 g/mol. The fourth-order valence-electron chi connectivity index (χ4n) is 2.79. The predicted octanol–water partition coefficient (Wildman–Crippen LogP) is 2.22. The number of aromatic nitrogens is 4. The minimum atomic E-state index is -0.122. The number of nitrogens with zero attached hydrogens (tertiary/aromatic N) is 4. The molecule has 3 rings (SSSR count). The molecule has 0 spiro atoms. The third-order valence-electron chi connectivity index (χ3n) is 4.13. The topological polar surface area (TPSA) is 72.7 Å². The van der Waals surface area contributed by atoms with Crippen molar-refractivity contribution in [1.82, 2.24) is 25.5 Å². The van der Waals surface area contributed by atoms with E-state index >= 15 is 0 Å². The number of halogens is 2. The Morgan fingerprint density at radius 3 is 2.77 bits per heavy atom. The summed E-state index contributed by atoms with van der Waals surface area (Å²) in [5.41, 5.74) is 0.949. The van der Waals surface area contributed by atoms with Gasteiger partial charge in [-0.25, -0.2) is 4.68 Å². The summed E-state index contributed by atoms with van der Waals surface area (Å²) in [6.45, 7) is 0.659. The van der Waals surface area contributed by atoms with Crippen molar-refractivity contribution in [3.63, 3.8) is 0 Å². The summed E-state index contributed by atoms with van der Waals surface area (Å²) in [4.78, 5) is 12.0. The van der Waals surface area contributed by atoms with Gasteiger partial charge in [0, 0.05) is 22.0 Å². The number of rotatable bonds is 5. The molecular weight excluding hydrogens is 325 g/mol. The van der Waals surface area contributed by atoms with Crippen molar-refractivity contribution in [1.29, 1.82) is 0 Å². The molecule has 1 fully saturated rings. The molecule has 0 radical (unpaired) electrons. The lowest BCUT2D eigenvalue weighted by atomic mass is 9.64. The number of benzene rings is 1. The molecule has 0 atom stereocenters. The maximum absolute atomic E-state index is 12.0. The van der Waals surface area contributed by atoms with Gasteiger partial charge < -0.3 is 5.32 Å². The van der Waals surface area contributed by atoms with Crippen molar-refractivity contribution < 1.29 is 4.79 Å². The zero-order valence-electron chi connectivity index (χ0n) is 11.8. The van der Waals surface area contributed by atoms with Gasteiger partial charge >= 0.3 is 0 Å². The summed E-state index contributed by atoms with van der Waals surface area (Å²) in [6.07, 6.45) is 4.54. The van der Waals surface area contributed by atoms with Crippen LogP contribution >= 0.6 is 23.2 Å². The molecule has 1 saturated carbocycles. The van der Waals surface area contributed by atoms with E-state index in [1.165, 1.54) is 11.0 Å². The second-order valence-corrected chi connectivity index (χ2v) is 6.39. The third-order valence-corrected chi connectivity index (χ3v) is 4.68. The molecule has 22 heavy (non-hydrogen) atoms. The number of nitrogens with one attached hydrogen (secondary N) is 1. The van der Waals surface area contributed by atoms with Gasteiger partial charge in [-0.3, -0.25) is 4.79 Å². The van der Waals surface area contributed by atoms with Gasteiger partial charge in [-0.15, -0.1) is 5.10 Å². The van der Waals surface area contributed by atoms with Gasteiger partial charge in [0.1, 0.15) is 12.9 Å². The van der Waals surface area contributed by atoms with Crippen LogP contribution in [-0.2, 0) is 16.8 Å². The van der Waals surface area contributed by atoms with Crippen molar-refractivity contribution in [3.8, 4) is 0 Å². The normalized spacial score (nSPS) is 16.1. The van der Waals surface area contributed by atoms with E-state index in [1.54, 1.807) is 6.07 Å². The van der Waals surface area contributed by atoms with Crippen LogP contribution in [0.1, 0.15) is 24.8 Å². The second kappa shape index (κ2) is 6.22. The molecule has 0 unspecified atom stereocenters. The minimum Gasteiger partial charge on any atom is -0.354 e. The molecule has 116 valence electrons. The van der Waals surface area contributed by atoms with E-state index in [0.29, 0.717) is 16.6 Å². The van der Waals surface area contributed by atoms with Gasteiger partial charge in [0.05, 0.1) is 0 Å². The number of tetrazole rings is 1. The maximum atomic E-state index is 12.0. The Morgan fingerprint density at radius 1 is 1.36 bits per heavy atom. The number of hydrogen-bond donors (Lipinski definition) is 1. The van der Waals surface area contributed by atoms with E-state index in [0.717, 1.165) is 24.8 Å². The monoisotopic (exact) mass is 339 g/mol. The van der Waals surface area contributed by atoms with Gasteiger partial charge in [-0.1, -0.05) is 35.7 Å². The lowest BCUT2D eigenvalue weighted by Crippen LogP contribution is -2.46. The van der Waals surface area contributed by atoms with Crippen molar-refractivity contribution in [2.75, 3.05) is 6.54 Å². The first-order chi connectivity index (χ1) is 10.6. The molecule has 0 saturated heterocycles. The Balaban J connectivity index is 1.67. The first-order valence-corrected chi connectivity index (χ1v) is 7.78. The molecular formula is C14H15Cl2N5O.